The van der Waals surface area contributed by atoms with Gasteiger partial charge < -0.3 is 10.5 Å². The minimum Gasteiger partial charge on any atom is -0.479 e. The Morgan fingerprint density at radius 1 is 1.28 bits per heavy atom. The Hall–Kier alpha value is -3.20. The van der Waals surface area contributed by atoms with Crippen LogP contribution in [-0.2, 0) is 0 Å². The lowest BCUT2D eigenvalue weighted by molar-refractivity contribution is 0.368. The van der Waals surface area contributed by atoms with Crippen LogP contribution in [0.5, 0.6) is 5.75 Å². The molecule has 2 aromatic carbocycles. The first-order chi connectivity index (χ1) is 12.0. The maximum atomic E-state index is 13.1. The fourth-order valence-corrected chi connectivity index (χ4v) is 1.80. The van der Waals surface area contributed by atoms with Crippen molar-refractivity contribution < 1.29 is 9.13 Å². The first kappa shape index (κ1) is 19.8. The van der Waals surface area contributed by atoms with Gasteiger partial charge in [-0.3, -0.25) is 4.99 Å². The van der Waals surface area contributed by atoms with Crippen molar-refractivity contribution in [3.05, 3.63) is 59.4 Å². The van der Waals surface area contributed by atoms with Gasteiger partial charge in [-0.1, -0.05) is 17.7 Å². The Morgan fingerprint density at radius 3 is 2.48 bits per heavy atom. The summed E-state index contributed by atoms with van der Waals surface area (Å²) in [4.78, 5) is 7.93. The van der Waals surface area contributed by atoms with Crippen molar-refractivity contribution in [1.82, 2.24) is 0 Å². The summed E-state index contributed by atoms with van der Waals surface area (Å²) in [5, 5.41) is 8.21. The molecule has 2 rings (SSSR count). The highest BCUT2D eigenvalue weighted by Gasteiger charge is 2.03. The number of amidine groups is 1. The second-order valence-corrected chi connectivity index (χ2v) is 4.93. The Balaban J connectivity index is 0.000000257. The van der Waals surface area contributed by atoms with Gasteiger partial charge in [0.1, 0.15) is 17.6 Å². The van der Waals surface area contributed by atoms with E-state index in [2.05, 4.69) is 9.98 Å². The zero-order valence-electron chi connectivity index (χ0n) is 14.5. The molecule has 0 saturated heterocycles. The summed E-state index contributed by atoms with van der Waals surface area (Å²) in [5.41, 5.74) is 7.29. The summed E-state index contributed by atoms with van der Waals surface area (Å²) in [5.74, 6) is 0.790. The highest BCUT2D eigenvalue weighted by molar-refractivity contribution is 6.02. The number of halogens is 1. The summed E-state index contributed by atoms with van der Waals surface area (Å²) in [7, 11) is 1.61. The summed E-state index contributed by atoms with van der Waals surface area (Å²) < 4.78 is 18.1. The van der Waals surface area contributed by atoms with Crippen LogP contribution in [0.15, 0.2) is 52.4 Å². The molecule has 0 fully saturated rings. The van der Waals surface area contributed by atoms with Gasteiger partial charge in [0.25, 0.3) is 0 Å². The zero-order valence-corrected chi connectivity index (χ0v) is 14.5. The van der Waals surface area contributed by atoms with Crippen LogP contribution in [0, 0.1) is 24.1 Å². The zero-order chi connectivity index (χ0) is 18.7. The number of ether oxygens (including phenoxy) is 1. The molecular weight excluding hydrogens is 319 g/mol. The number of hydrogen-bond acceptors (Lipinski definition) is 4. The molecule has 0 bridgehead atoms. The average Bonchev–Trinajstić information content (AvgIpc) is 2.62. The quantitative estimate of drug-likeness (QED) is 0.524. The molecule has 0 aromatic heterocycles. The van der Waals surface area contributed by atoms with Crippen molar-refractivity contribution in [2.45, 2.75) is 13.8 Å². The van der Waals surface area contributed by atoms with Gasteiger partial charge in [-0.15, -0.1) is 0 Å². The van der Waals surface area contributed by atoms with Crippen LogP contribution in [0.1, 0.15) is 18.1 Å². The Bertz CT molecular complexity index is 777. The van der Waals surface area contributed by atoms with Crippen molar-refractivity contribution in [2.75, 3.05) is 19.4 Å². The number of aliphatic imine (C=N–C) groups is 2. The Labute approximate surface area is 147 Å². The van der Waals surface area contributed by atoms with Crippen LogP contribution in [0.4, 0.5) is 10.1 Å². The fourth-order valence-electron chi connectivity index (χ4n) is 1.80. The van der Waals surface area contributed by atoms with Crippen molar-refractivity contribution in [1.29, 1.82) is 5.26 Å². The van der Waals surface area contributed by atoms with E-state index in [4.69, 9.17) is 15.7 Å². The van der Waals surface area contributed by atoms with Crippen LogP contribution < -0.4 is 10.5 Å². The third-order valence-corrected chi connectivity index (χ3v) is 3.05. The largest absolute Gasteiger partial charge is 0.479 e. The minimum absolute atomic E-state index is 0.114. The van der Waals surface area contributed by atoms with E-state index in [1.54, 1.807) is 26.3 Å². The van der Waals surface area contributed by atoms with Gasteiger partial charge in [-0.05, 0) is 44.2 Å². The van der Waals surface area contributed by atoms with Gasteiger partial charge in [-0.2, -0.15) is 5.26 Å². The van der Waals surface area contributed by atoms with Gasteiger partial charge in [0.15, 0.2) is 12.4 Å². The lowest BCUT2D eigenvalue weighted by Crippen LogP contribution is -2.00. The van der Waals surface area contributed by atoms with Gasteiger partial charge in [0.2, 0.25) is 0 Å². The van der Waals surface area contributed by atoms with Gasteiger partial charge in [0.05, 0.1) is 5.69 Å². The molecule has 0 saturated carbocycles. The number of nitriles is 1. The number of nitrogens with zero attached hydrogens (tertiary/aromatic N) is 3. The smallest absolute Gasteiger partial charge is 0.174 e. The molecule has 0 aliphatic rings. The predicted molar refractivity (Wildman–Crippen MR) is 99.7 cm³/mol. The van der Waals surface area contributed by atoms with E-state index in [0.29, 0.717) is 11.4 Å². The lowest BCUT2D eigenvalue weighted by atomic mass is 10.2. The molecule has 130 valence electrons. The number of aryl methyl sites for hydroxylation is 1. The standard InChI is InChI=1S/C10H12FN3.C9H9NO/c1-3-14-10(13-2)7-4-5-9(12)8(11)6-7;1-8-2-4-9(5-3-8)11-7-6-10/h3-6H,12H2,1-2H3;2-5H,7H2,1H3. The molecule has 2 aromatic rings. The van der Waals surface area contributed by atoms with E-state index in [1.165, 1.54) is 17.7 Å². The number of benzene rings is 2. The van der Waals surface area contributed by atoms with E-state index >= 15 is 0 Å². The van der Waals surface area contributed by atoms with Crippen LogP contribution >= 0.6 is 0 Å². The van der Waals surface area contributed by atoms with Crippen molar-refractivity contribution in [2.24, 2.45) is 9.98 Å². The van der Waals surface area contributed by atoms with Crippen LogP contribution in [0.2, 0.25) is 0 Å². The minimum atomic E-state index is -0.449. The van der Waals surface area contributed by atoms with E-state index in [9.17, 15) is 4.39 Å². The molecule has 6 heteroatoms. The number of anilines is 1. The topological polar surface area (TPSA) is 83.8 Å². The summed E-state index contributed by atoms with van der Waals surface area (Å²) in [6, 6.07) is 14.0. The first-order valence-electron chi connectivity index (χ1n) is 7.59. The molecule has 0 heterocycles. The highest BCUT2D eigenvalue weighted by Crippen LogP contribution is 2.13. The lowest BCUT2D eigenvalue weighted by Gasteiger charge is -2.01. The molecule has 0 unspecified atom stereocenters. The molecule has 0 amide bonds. The fraction of sp³-hybridized carbons (Fsp3) is 0.211. The van der Waals surface area contributed by atoms with Crippen LogP contribution in [0.3, 0.4) is 0 Å². The molecular formula is C19H21FN4O. The maximum Gasteiger partial charge on any atom is 0.174 e. The van der Waals surface area contributed by atoms with E-state index in [1.807, 2.05) is 37.3 Å². The third kappa shape index (κ3) is 6.83. The molecule has 25 heavy (non-hydrogen) atoms. The number of nitrogens with two attached hydrogens (primary N) is 1. The third-order valence-electron chi connectivity index (χ3n) is 3.05. The average molecular weight is 340 g/mol. The first-order valence-corrected chi connectivity index (χ1v) is 7.59. The van der Waals surface area contributed by atoms with E-state index in [-0.39, 0.29) is 12.3 Å². The van der Waals surface area contributed by atoms with Gasteiger partial charge >= 0.3 is 0 Å². The molecule has 0 aliphatic heterocycles. The SMILES string of the molecule is CC=NC(=NC)c1ccc(N)c(F)c1.Cc1ccc(OCC#N)cc1. The summed E-state index contributed by atoms with van der Waals surface area (Å²) in [6.45, 7) is 3.90. The Morgan fingerprint density at radius 2 is 1.96 bits per heavy atom. The molecule has 0 spiro atoms. The van der Waals surface area contributed by atoms with Crippen LogP contribution in [-0.4, -0.2) is 25.7 Å². The van der Waals surface area contributed by atoms with Gasteiger partial charge in [-0.25, -0.2) is 9.38 Å². The molecule has 0 aliphatic carbocycles. The van der Waals surface area contributed by atoms with E-state index < -0.39 is 5.82 Å². The van der Waals surface area contributed by atoms with Crippen molar-refractivity contribution >= 4 is 17.7 Å². The van der Waals surface area contributed by atoms with Crippen LogP contribution in [0.25, 0.3) is 0 Å². The van der Waals surface area contributed by atoms with Gasteiger partial charge in [0, 0.05) is 18.8 Å². The van der Waals surface area contributed by atoms with Crippen molar-refractivity contribution in [3.63, 3.8) is 0 Å². The molecule has 5 nitrogen and oxygen atoms in total. The predicted octanol–water partition coefficient (Wildman–Crippen LogP) is 3.77. The molecule has 0 atom stereocenters. The highest BCUT2D eigenvalue weighted by atomic mass is 19.1. The van der Waals surface area contributed by atoms with E-state index in [0.717, 1.165) is 5.75 Å². The number of nitrogen functional groups attached to an aromatic ring is 1. The number of rotatable bonds is 3. The van der Waals surface area contributed by atoms with Crippen molar-refractivity contribution in [3.8, 4) is 11.8 Å². The Kier molecular flexibility index (Phi) is 8.38. The summed E-state index contributed by atoms with van der Waals surface area (Å²) in [6.07, 6.45) is 1.61. The number of hydrogen-bond donors (Lipinski definition) is 1. The molecule has 0 radical (unpaired) electrons. The molecule has 2 N–H and O–H groups in total. The second-order valence-electron chi connectivity index (χ2n) is 4.93. The maximum absolute atomic E-state index is 13.1. The monoisotopic (exact) mass is 340 g/mol. The second kappa shape index (κ2) is 10.6. The summed E-state index contributed by atoms with van der Waals surface area (Å²) >= 11 is 0. The normalized spacial score (nSPS) is 10.8.